The number of amides is 4. The van der Waals surface area contributed by atoms with E-state index in [1.54, 1.807) is 25.9 Å². The van der Waals surface area contributed by atoms with Crippen molar-refractivity contribution in [1.82, 2.24) is 31.5 Å². The van der Waals surface area contributed by atoms with E-state index in [2.05, 4.69) is 38.7 Å². The Balaban J connectivity index is 1.43. The van der Waals surface area contributed by atoms with E-state index in [1.165, 1.54) is 5.56 Å². The van der Waals surface area contributed by atoms with Crippen molar-refractivity contribution in [2.45, 2.75) is 108 Å². The fourth-order valence-electron chi connectivity index (χ4n) is 6.39. The summed E-state index contributed by atoms with van der Waals surface area (Å²) < 4.78 is 0. The molecule has 4 rings (SSSR count). The maximum Gasteiger partial charge on any atom is 0.250 e. The van der Waals surface area contributed by atoms with E-state index in [0.717, 1.165) is 56.1 Å². The minimum absolute atomic E-state index is 0.0123. The lowest BCUT2D eigenvalue weighted by Crippen LogP contribution is -2.52. The van der Waals surface area contributed by atoms with Gasteiger partial charge in [0.1, 0.15) is 12.1 Å². The van der Waals surface area contributed by atoms with Gasteiger partial charge in [0.05, 0.1) is 18.1 Å². The second kappa shape index (κ2) is 16.7. The van der Waals surface area contributed by atoms with Crippen LogP contribution < -0.4 is 26.6 Å². The number of nitrogens with zero attached hydrogens (tertiary/aromatic N) is 1. The lowest BCUT2D eigenvalue weighted by atomic mass is 9.87. The lowest BCUT2D eigenvalue weighted by molar-refractivity contribution is -0.142. The van der Waals surface area contributed by atoms with E-state index in [1.807, 2.05) is 50.2 Å². The molecule has 6 unspecified atom stereocenters. The predicted molar refractivity (Wildman–Crippen MR) is 180 cm³/mol. The van der Waals surface area contributed by atoms with Crippen LogP contribution in [0.15, 0.2) is 48.5 Å². The molecule has 1 aliphatic heterocycles. The van der Waals surface area contributed by atoms with Crippen LogP contribution in [-0.4, -0.2) is 73.3 Å². The first-order valence-corrected chi connectivity index (χ1v) is 16.9. The van der Waals surface area contributed by atoms with Gasteiger partial charge in [-0.2, -0.15) is 0 Å². The zero-order valence-corrected chi connectivity index (χ0v) is 28.0. The van der Waals surface area contributed by atoms with Gasteiger partial charge in [-0.3, -0.25) is 19.2 Å². The summed E-state index contributed by atoms with van der Waals surface area (Å²) in [6.07, 6.45) is 6.76. The maximum atomic E-state index is 14.2. The van der Waals surface area contributed by atoms with Gasteiger partial charge in [0.2, 0.25) is 23.6 Å². The topological polar surface area (TPSA) is 132 Å². The molecule has 6 atom stereocenters. The van der Waals surface area contributed by atoms with Crippen LogP contribution >= 0.6 is 0 Å². The van der Waals surface area contributed by atoms with Crippen molar-refractivity contribution in [2.24, 2.45) is 0 Å². The Bertz CT molecular complexity index is 1350. The van der Waals surface area contributed by atoms with Gasteiger partial charge < -0.3 is 31.5 Å². The molecule has 1 aliphatic carbocycles. The summed E-state index contributed by atoms with van der Waals surface area (Å²) >= 11 is 0. The van der Waals surface area contributed by atoms with Gasteiger partial charge in [-0.15, -0.1) is 0 Å². The first-order chi connectivity index (χ1) is 22.1. The molecule has 5 N–H and O–H groups in total. The van der Waals surface area contributed by atoms with Gasteiger partial charge >= 0.3 is 0 Å². The van der Waals surface area contributed by atoms with Crippen LogP contribution in [0.3, 0.4) is 0 Å². The fourth-order valence-corrected chi connectivity index (χ4v) is 6.39. The van der Waals surface area contributed by atoms with E-state index in [0.29, 0.717) is 18.5 Å². The number of aryl methyl sites for hydroxylation is 2. The predicted octanol–water partition coefficient (Wildman–Crippen LogP) is 3.07. The summed E-state index contributed by atoms with van der Waals surface area (Å²) in [5, 5.41) is 15.1. The molecule has 0 spiro atoms. The Morgan fingerprint density at radius 2 is 1.52 bits per heavy atom. The highest BCUT2D eigenvalue weighted by Gasteiger charge is 2.39. The molecule has 0 aromatic heterocycles. The third kappa shape index (κ3) is 8.94. The molecule has 0 radical (unpaired) electrons. The Kier molecular flexibility index (Phi) is 12.7. The summed E-state index contributed by atoms with van der Waals surface area (Å²) in [5.41, 5.74) is 4.22. The normalized spacial score (nSPS) is 20.2. The number of fused-ring (bicyclic) bond motifs is 1. The summed E-state index contributed by atoms with van der Waals surface area (Å²) in [4.78, 5) is 54.6. The number of nitrogens with one attached hydrogen (secondary N) is 5. The molecule has 1 fully saturated rings. The second-order valence-electron chi connectivity index (χ2n) is 12.8. The number of carbonyl (C=O) groups excluding carboxylic acids is 4. The molecule has 4 amide bonds. The molecule has 10 nitrogen and oxygen atoms in total. The number of benzene rings is 2. The third-order valence-electron chi connectivity index (χ3n) is 9.51. The molecule has 1 saturated heterocycles. The summed E-state index contributed by atoms with van der Waals surface area (Å²) in [7, 11) is 3.47. The van der Waals surface area contributed by atoms with Crippen LogP contribution in [0, 0.1) is 0 Å². The number of likely N-dealkylation sites (N-methyl/N-ethyl adjacent to an activating group) is 2. The van der Waals surface area contributed by atoms with Gasteiger partial charge in [-0.1, -0.05) is 48.5 Å². The molecule has 0 saturated carbocycles. The smallest absolute Gasteiger partial charge is 0.250 e. The van der Waals surface area contributed by atoms with E-state index >= 15 is 0 Å². The standard InChI is InChI=1S/C36H52N6O4/c1-23(39-33(43)24(2)37-4)11-8-12-26-18-20-28(21-19-26)32(41-34(44)25(3)38-5)36(46)42-22-10-17-31(42)35(45)40-30-16-9-14-27-13-6-7-15-29(27)30/h6-7,13,15,18-21,23-25,30-32,37-38H,8-12,14,16-17,22H2,1-5H3,(H,39,43)(H,40,45)(H,41,44). The van der Waals surface area contributed by atoms with Crippen molar-refractivity contribution in [3.8, 4) is 0 Å². The zero-order valence-electron chi connectivity index (χ0n) is 28.0. The van der Waals surface area contributed by atoms with Gasteiger partial charge in [0, 0.05) is 12.6 Å². The third-order valence-corrected chi connectivity index (χ3v) is 9.51. The lowest BCUT2D eigenvalue weighted by Gasteiger charge is -2.32. The van der Waals surface area contributed by atoms with E-state index in [4.69, 9.17) is 0 Å². The molecular weight excluding hydrogens is 580 g/mol. The SMILES string of the molecule is CNC(C)C(=O)NC(C)CCCc1ccc(C(NC(=O)C(C)NC)C(=O)N2CCCC2C(=O)NC2CCCc3ccccc32)cc1. The number of hydrogen-bond donors (Lipinski definition) is 5. The van der Waals surface area contributed by atoms with E-state index in [-0.39, 0.29) is 41.8 Å². The molecule has 46 heavy (non-hydrogen) atoms. The van der Waals surface area contributed by atoms with Crippen molar-refractivity contribution < 1.29 is 19.2 Å². The highest BCUT2D eigenvalue weighted by atomic mass is 16.2. The van der Waals surface area contributed by atoms with Crippen LogP contribution in [-0.2, 0) is 32.0 Å². The molecule has 1 heterocycles. The average molecular weight is 633 g/mol. The van der Waals surface area contributed by atoms with Gasteiger partial charge in [-0.05, 0) is 108 Å². The first kappa shape index (κ1) is 35.1. The van der Waals surface area contributed by atoms with Crippen molar-refractivity contribution in [2.75, 3.05) is 20.6 Å². The van der Waals surface area contributed by atoms with Crippen molar-refractivity contribution in [3.05, 3.63) is 70.8 Å². The minimum Gasteiger partial charge on any atom is -0.352 e. The highest BCUT2D eigenvalue weighted by molar-refractivity contribution is 5.94. The molecule has 2 aromatic rings. The molecule has 2 aromatic carbocycles. The number of likely N-dealkylation sites (tertiary alicyclic amines) is 1. The fraction of sp³-hybridized carbons (Fsp3) is 0.556. The first-order valence-electron chi connectivity index (χ1n) is 16.9. The molecular formula is C36H52N6O4. The summed E-state index contributed by atoms with van der Waals surface area (Å²) in [6.45, 7) is 6.05. The Morgan fingerprint density at radius 3 is 2.22 bits per heavy atom. The van der Waals surface area contributed by atoms with Crippen LogP contribution in [0.25, 0.3) is 0 Å². The molecule has 10 heteroatoms. The Hall–Kier alpha value is -3.76. The number of hydrogen-bond acceptors (Lipinski definition) is 6. The Labute approximate surface area is 273 Å². The van der Waals surface area contributed by atoms with Crippen molar-refractivity contribution in [3.63, 3.8) is 0 Å². The summed E-state index contributed by atoms with van der Waals surface area (Å²) in [6, 6.07) is 13.8. The largest absolute Gasteiger partial charge is 0.352 e. The number of rotatable bonds is 14. The van der Waals surface area contributed by atoms with Gasteiger partial charge in [0.15, 0.2) is 0 Å². The molecule has 0 bridgehead atoms. The maximum absolute atomic E-state index is 14.2. The quantitative estimate of drug-likeness (QED) is 0.218. The second-order valence-corrected chi connectivity index (χ2v) is 12.8. The van der Waals surface area contributed by atoms with Crippen molar-refractivity contribution in [1.29, 1.82) is 0 Å². The van der Waals surface area contributed by atoms with Crippen LogP contribution in [0.1, 0.15) is 93.6 Å². The minimum atomic E-state index is -0.912. The summed E-state index contributed by atoms with van der Waals surface area (Å²) in [5.74, 6) is -0.705. The van der Waals surface area contributed by atoms with Gasteiger partial charge in [-0.25, -0.2) is 0 Å². The average Bonchev–Trinajstić information content (AvgIpc) is 3.57. The number of carbonyl (C=O) groups is 4. The van der Waals surface area contributed by atoms with E-state index in [9.17, 15) is 19.2 Å². The van der Waals surface area contributed by atoms with Crippen LogP contribution in [0.5, 0.6) is 0 Å². The molecule has 250 valence electrons. The van der Waals surface area contributed by atoms with Crippen molar-refractivity contribution >= 4 is 23.6 Å². The Morgan fingerprint density at radius 1 is 0.848 bits per heavy atom. The molecule has 2 aliphatic rings. The highest BCUT2D eigenvalue weighted by Crippen LogP contribution is 2.31. The zero-order chi connectivity index (χ0) is 33.2. The van der Waals surface area contributed by atoms with E-state index < -0.39 is 18.1 Å². The van der Waals surface area contributed by atoms with Gasteiger partial charge in [0.25, 0.3) is 0 Å². The van der Waals surface area contributed by atoms with Crippen LogP contribution in [0.4, 0.5) is 0 Å². The monoisotopic (exact) mass is 632 g/mol. The van der Waals surface area contributed by atoms with Crippen LogP contribution in [0.2, 0.25) is 0 Å².